The number of amides is 1. The molecule has 3 atom stereocenters. The Bertz CT molecular complexity index is 262. The molecular formula is C10H18N2O4. The minimum Gasteiger partial charge on any atom is -0.480 e. The molecule has 16 heavy (non-hydrogen) atoms. The van der Waals surface area contributed by atoms with E-state index in [0.717, 1.165) is 19.5 Å². The lowest BCUT2D eigenvalue weighted by Crippen LogP contribution is -2.48. The van der Waals surface area contributed by atoms with Crippen LogP contribution in [0.25, 0.3) is 0 Å². The van der Waals surface area contributed by atoms with Gasteiger partial charge in [0.25, 0.3) is 0 Å². The Morgan fingerprint density at radius 3 is 2.69 bits per heavy atom. The third-order valence-electron chi connectivity index (χ3n) is 2.70. The van der Waals surface area contributed by atoms with Gasteiger partial charge in [0.1, 0.15) is 0 Å². The van der Waals surface area contributed by atoms with Crippen molar-refractivity contribution in [1.82, 2.24) is 10.6 Å². The van der Waals surface area contributed by atoms with Crippen LogP contribution >= 0.6 is 0 Å². The van der Waals surface area contributed by atoms with E-state index in [-0.39, 0.29) is 11.8 Å². The zero-order chi connectivity index (χ0) is 12.1. The van der Waals surface area contributed by atoms with Gasteiger partial charge in [-0.1, -0.05) is 0 Å². The summed E-state index contributed by atoms with van der Waals surface area (Å²) in [6.45, 7) is 3.03. The Morgan fingerprint density at radius 1 is 1.56 bits per heavy atom. The number of aliphatic hydroxyl groups excluding tert-OH is 1. The number of aliphatic hydroxyl groups is 1. The summed E-state index contributed by atoms with van der Waals surface area (Å²) in [5.74, 6) is -1.27. The van der Waals surface area contributed by atoms with Gasteiger partial charge >= 0.3 is 5.97 Å². The van der Waals surface area contributed by atoms with Gasteiger partial charge in [-0.25, -0.2) is 4.79 Å². The monoisotopic (exact) mass is 230 g/mol. The average Bonchev–Trinajstić information content (AvgIpc) is 2.65. The van der Waals surface area contributed by atoms with Crippen LogP contribution in [0.3, 0.4) is 0 Å². The van der Waals surface area contributed by atoms with E-state index in [0.29, 0.717) is 6.42 Å². The highest BCUT2D eigenvalue weighted by Crippen LogP contribution is 2.11. The maximum atomic E-state index is 11.5. The molecule has 6 heteroatoms. The molecule has 1 rings (SSSR count). The quantitative estimate of drug-likeness (QED) is 0.482. The van der Waals surface area contributed by atoms with Gasteiger partial charge in [0.05, 0.1) is 6.10 Å². The number of hydrogen-bond donors (Lipinski definition) is 4. The van der Waals surface area contributed by atoms with Crippen molar-refractivity contribution in [2.75, 3.05) is 13.1 Å². The van der Waals surface area contributed by atoms with Crippen molar-refractivity contribution in [2.45, 2.75) is 31.9 Å². The van der Waals surface area contributed by atoms with Crippen molar-refractivity contribution in [2.24, 2.45) is 5.92 Å². The van der Waals surface area contributed by atoms with E-state index in [1.165, 1.54) is 6.92 Å². The third kappa shape index (κ3) is 3.79. The predicted molar refractivity (Wildman–Crippen MR) is 56.8 cm³/mol. The topological polar surface area (TPSA) is 98.7 Å². The van der Waals surface area contributed by atoms with Crippen LogP contribution in [0.5, 0.6) is 0 Å². The maximum Gasteiger partial charge on any atom is 0.328 e. The Morgan fingerprint density at radius 2 is 2.25 bits per heavy atom. The normalized spacial score (nSPS) is 23.8. The van der Waals surface area contributed by atoms with Crippen LogP contribution in [0.1, 0.15) is 19.8 Å². The smallest absolute Gasteiger partial charge is 0.328 e. The van der Waals surface area contributed by atoms with Crippen molar-refractivity contribution in [3.8, 4) is 0 Å². The summed E-state index contributed by atoms with van der Waals surface area (Å²) in [4.78, 5) is 22.2. The molecule has 1 heterocycles. The number of rotatable bonds is 5. The lowest BCUT2D eigenvalue weighted by molar-refractivity contribution is -0.144. The molecule has 6 nitrogen and oxygen atoms in total. The summed E-state index contributed by atoms with van der Waals surface area (Å²) < 4.78 is 0. The van der Waals surface area contributed by atoms with Crippen LogP contribution in [0.4, 0.5) is 0 Å². The highest BCUT2D eigenvalue weighted by atomic mass is 16.4. The van der Waals surface area contributed by atoms with Crippen LogP contribution in [-0.2, 0) is 9.59 Å². The first-order valence-electron chi connectivity index (χ1n) is 5.41. The number of carbonyl (C=O) groups is 2. The fraction of sp³-hybridized carbons (Fsp3) is 0.800. The summed E-state index contributed by atoms with van der Waals surface area (Å²) in [5, 5.41) is 23.4. The van der Waals surface area contributed by atoms with Gasteiger partial charge < -0.3 is 20.8 Å². The molecule has 0 saturated carbocycles. The van der Waals surface area contributed by atoms with Crippen LogP contribution in [0, 0.1) is 5.92 Å². The Kier molecular flexibility index (Phi) is 4.70. The molecule has 4 N–H and O–H groups in total. The molecule has 3 unspecified atom stereocenters. The van der Waals surface area contributed by atoms with Crippen molar-refractivity contribution >= 4 is 11.9 Å². The molecule has 1 saturated heterocycles. The summed E-state index contributed by atoms with van der Waals surface area (Å²) in [6.07, 6.45) is 0.145. The second-order valence-corrected chi connectivity index (χ2v) is 4.19. The number of nitrogens with one attached hydrogen (secondary N) is 2. The summed E-state index contributed by atoms with van der Waals surface area (Å²) in [5.41, 5.74) is 0. The second kappa shape index (κ2) is 5.81. The molecule has 0 aromatic heterocycles. The number of hydrogen-bond acceptors (Lipinski definition) is 4. The Labute approximate surface area is 94.0 Å². The van der Waals surface area contributed by atoms with Gasteiger partial charge in [-0.15, -0.1) is 0 Å². The summed E-state index contributed by atoms with van der Waals surface area (Å²) >= 11 is 0. The Balaban J connectivity index is 2.38. The first-order chi connectivity index (χ1) is 7.50. The maximum absolute atomic E-state index is 11.5. The lowest BCUT2D eigenvalue weighted by atomic mass is 10.0. The first-order valence-corrected chi connectivity index (χ1v) is 5.41. The molecule has 92 valence electrons. The molecule has 0 spiro atoms. The van der Waals surface area contributed by atoms with Crippen LogP contribution in [-0.4, -0.2) is 47.3 Å². The number of carboxylic acid groups (broad SMARTS) is 1. The molecule has 1 aliphatic heterocycles. The van der Waals surface area contributed by atoms with Gasteiger partial charge in [0.2, 0.25) is 5.91 Å². The molecule has 1 fully saturated rings. The summed E-state index contributed by atoms with van der Waals surface area (Å²) in [6, 6.07) is -1.22. The van der Waals surface area contributed by atoms with E-state index in [9.17, 15) is 14.7 Å². The van der Waals surface area contributed by atoms with Gasteiger partial charge in [-0.2, -0.15) is 0 Å². The van der Waals surface area contributed by atoms with Crippen LogP contribution < -0.4 is 10.6 Å². The van der Waals surface area contributed by atoms with Gasteiger partial charge in [0, 0.05) is 6.42 Å². The number of aliphatic carboxylic acids is 1. The highest BCUT2D eigenvalue weighted by Gasteiger charge is 2.26. The van der Waals surface area contributed by atoms with E-state index in [1.54, 1.807) is 0 Å². The fourth-order valence-electron chi connectivity index (χ4n) is 1.77. The van der Waals surface area contributed by atoms with Gasteiger partial charge in [-0.3, -0.25) is 4.79 Å². The zero-order valence-corrected chi connectivity index (χ0v) is 9.27. The van der Waals surface area contributed by atoms with E-state index in [1.807, 2.05) is 0 Å². The first kappa shape index (κ1) is 12.9. The van der Waals surface area contributed by atoms with Crippen LogP contribution in [0.2, 0.25) is 0 Å². The minimum absolute atomic E-state index is 0.267. The molecular weight excluding hydrogens is 212 g/mol. The molecule has 0 bridgehead atoms. The molecule has 0 radical (unpaired) electrons. The molecule has 0 aromatic rings. The molecule has 1 aliphatic rings. The van der Waals surface area contributed by atoms with Crippen molar-refractivity contribution in [3.63, 3.8) is 0 Å². The lowest BCUT2D eigenvalue weighted by Gasteiger charge is -2.18. The molecule has 1 amide bonds. The third-order valence-corrected chi connectivity index (χ3v) is 2.70. The summed E-state index contributed by atoms with van der Waals surface area (Å²) in [7, 11) is 0. The fourth-order valence-corrected chi connectivity index (χ4v) is 1.77. The van der Waals surface area contributed by atoms with E-state index >= 15 is 0 Å². The Hall–Kier alpha value is -1.14. The van der Waals surface area contributed by atoms with Gasteiger partial charge in [0.15, 0.2) is 6.04 Å². The largest absolute Gasteiger partial charge is 0.480 e. The van der Waals surface area contributed by atoms with E-state index < -0.39 is 18.1 Å². The minimum atomic E-state index is -1.22. The number of carboxylic acids is 1. The van der Waals surface area contributed by atoms with Crippen molar-refractivity contribution in [1.29, 1.82) is 0 Å². The average molecular weight is 230 g/mol. The van der Waals surface area contributed by atoms with Gasteiger partial charge in [-0.05, 0) is 32.4 Å². The van der Waals surface area contributed by atoms with E-state index in [2.05, 4.69) is 10.6 Å². The zero-order valence-electron chi connectivity index (χ0n) is 9.27. The van der Waals surface area contributed by atoms with E-state index in [4.69, 9.17) is 5.11 Å². The number of carbonyl (C=O) groups excluding carboxylic acids is 1. The van der Waals surface area contributed by atoms with Crippen molar-refractivity contribution in [3.05, 3.63) is 0 Å². The standard InChI is InChI=1S/C10H18N2O4/c1-6(13)9(10(15)16)12-8(14)4-7-2-3-11-5-7/h6-7,9,11,13H,2-5H2,1H3,(H,12,14)(H,15,16). The predicted octanol–water partition coefficient (Wildman–Crippen LogP) is -1.06. The van der Waals surface area contributed by atoms with Crippen LogP contribution in [0.15, 0.2) is 0 Å². The van der Waals surface area contributed by atoms with Crippen molar-refractivity contribution < 1.29 is 19.8 Å². The highest BCUT2D eigenvalue weighted by molar-refractivity contribution is 5.84. The molecule has 0 aliphatic carbocycles. The molecule has 0 aromatic carbocycles. The SMILES string of the molecule is CC(O)C(NC(=O)CC1CCNC1)C(=O)O. The second-order valence-electron chi connectivity index (χ2n) is 4.19.